The summed E-state index contributed by atoms with van der Waals surface area (Å²) in [5.74, 6) is 0.110. The van der Waals surface area contributed by atoms with Gasteiger partial charge >= 0.3 is 5.97 Å². The molecule has 0 saturated carbocycles. The van der Waals surface area contributed by atoms with E-state index in [-0.39, 0.29) is 11.9 Å². The third kappa shape index (κ3) is 5.50. The monoisotopic (exact) mass is 227 g/mol. The van der Waals surface area contributed by atoms with Crippen LogP contribution in [-0.2, 0) is 9.53 Å². The van der Waals surface area contributed by atoms with Gasteiger partial charge in [0.2, 0.25) is 0 Å². The lowest BCUT2D eigenvalue weighted by atomic mass is 10.1. The number of esters is 1. The van der Waals surface area contributed by atoms with E-state index in [9.17, 15) is 4.79 Å². The van der Waals surface area contributed by atoms with Crippen LogP contribution in [0.2, 0.25) is 0 Å². The van der Waals surface area contributed by atoms with E-state index in [0.29, 0.717) is 6.61 Å². The van der Waals surface area contributed by atoms with E-state index in [1.807, 2.05) is 0 Å². The van der Waals surface area contributed by atoms with E-state index in [4.69, 9.17) is 4.74 Å². The molecule has 3 heteroatoms. The Morgan fingerprint density at radius 3 is 2.69 bits per heavy atom. The molecule has 0 radical (unpaired) electrons. The van der Waals surface area contributed by atoms with Crippen LogP contribution in [0.4, 0.5) is 0 Å². The van der Waals surface area contributed by atoms with Crippen LogP contribution in [0.5, 0.6) is 0 Å². The van der Waals surface area contributed by atoms with Gasteiger partial charge in [0.25, 0.3) is 0 Å². The predicted octanol–water partition coefficient (Wildman–Crippen LogP) is 2.50. The van der Waals surface area contributed by atoms with Gasteiger partial charge in [-0.2, -0.15) is 0 Å². The Hall–Kier alpha value is -0.570. The van der Waals surface area contributed by atoms with Gasteiger partial charge in [-0.3, -0.25) is 4.79 Å². The molecule has 1 heterocycles. The van der Waals surface area contributed by atoms with Crippen LogP contribution in [0.15, 0.2) is 0 Å². The number of carbonyl (C=O) groups excluding carboxylic acids is 1. The second kappa shape index (κ2) is 8.57. The Kier molecular flexibility index (Phi) is 7.23. The van der Waals surface area contributed by atoms with Crippen molar-refractivity contribution >= 4 is 5.97 Å². The van der Waals surface area contributed by atoms with Crippen LogP contribution in [0.25, 0.3) is 0 Å². The third-order valence-corrected chi connectivity index (χ3v) is 3.14. The fraction of sp³-hybridized carbons (Fsp3) is 0.923. The molecule has 94 valence electrons. The zero-order chi connectivity index (χ0) is 11.6. The first-order valence-electron chi connectivity index (χ1n) is 6.72. The summed E-state index contributed by atoms with van der Waals surface area (Å²) in [6.45, 7) is 4.59. The lowest BCUT2D eigenvalue weighted by Gasteiger charge is -2.08. The Bertz CT molecular complexity index is 188. The van der Waals surface area contributed by atoms with Crippen molar-refractivity contribution in [2.24, 2.45) is 5.92 Å². The Morgan fingerprint density at radius 1 is 1.25 bits per heavy atom. The minimum absolute atomic E-state index is 0.00134. The minimum atomic E-state index is -0.00134. The zero-order valence-electron chi connectivity index (χ0n) is 10.5. The molecular weight excluding hydrogens is 202 g/mol. The molecule has 0 aromatic rings. The standard InChI is InChI=1S/C13H25NO2/c1-2-3-4-5-6-7-10-16-13(15)12-8-9-14-11-12/h12,14H,2-11H2,1H3. The summed E-state index contributed by atoms with van der Waals surface area (Å²) in [5.41, 5.74) is 0. The molecule has 1 atom stereocenters. The summed E-state index contributed by atoms with van der Waals surface area (Å²) < 4.78 is 5.25. The SMILES string of the molecule is CCCCCCCCOC(=O)C1CCNC1. The highest BCUT2D eigenvalue weighted by molar-refractivity contribution is 5.73. The van der Waals surface area contributed by atoms with Gasteiger partial charge in [-0.15, -0.1) is 0 Å². The van der Waals surface area contributed by atoms with Crippen LogP contribution in [-0.4, -0.2) is 25.7 Å². The number of carbonyl (C=O) groups is 1. The molecule has 1 aliphatic heterocycles. The molecule has 0 amide bonds. The quantitative estimate of drug-likeness (QED) is 0.511. The highest BCUT2D eigenvalue weighted by atomic mass is 16.5. The van der Waals surface area contributed by atoms with E-state index in [2.05, 4.69) is 12.2 Å². The van der Waals surface area contributed by atoms with Crippen molar-refractivity contribution in [3.63, 3.8) is 0 Å². The van der Waals surface area contributed by atoms with Crippen molar-refractivity contribution in [2.45, 2.75) is 51.9 Å². The summed E-state index contributed by atoms with van der Waals surface area (Å²) in [5, 5.41) is 3.18. The first-order chi connectivity index (χ1) is 7.84. The number of hydrogen-bond donors (Lipinski definition) is 1. The number of unbranched alkanes of at least 4 members (excludes halogenated alkanes) is 5. The topological polar surface area (TPSA) is 38.3 Å². The Morgan fingerprint density at radius 2 is 2.00 bits per heavy atom. The normalized spacial score (nSPS) is 19.9. The van der Waals surface area contributed by atoms with Crippen LogP contribution in [0.3, 0.4) is 0 Å². The molecule has 0 aliphatic carbocycles. The van der Waals surface area contributed by atoms with Gasteiger partial charge < -0.3 is 10.1 Å². The second-order valence-electron chi connectivity index (χ2n) is 4.62. The van der Waals surface area contributed by atoms with Gasteiger partial charge in [0, 0.05) is 6.54 Å². The largest absolute Gasteiger partial charge is 0.465 e. The number of ether oxygens (including phenoxy) is 1. The highest BCUT2D eigenvalue weighted by Gasteiger charge is 2.23. The van der Waals surface area contributed by atoms with Gasteiger partial charge in [-0.25, -0.2) is 0 Å². The van der Waals surface area contributed by atoms with Gasteiger partial charge in [0.1, 0.15) is 0 Å². The average molecular weight is 227 g/mol. The fourth-order valence-electron chi connectivity index (χ4n) is 2.03. The van der Waals surface area contributed by atoms with Crippen molar-refractivity contribution < 1.29 is 9.53 Å². The third-order valence-electron chi connectivity index (χ3n) is 3.14. The molecule has 1 aliphatic rings. The minimum Gasteiger partial charge on any atom is -0.465 e. The van der Waals surface area contributed by atoms with Crippen LogP contribution in [0, 0.1) is 5.92 Å². The summed E-state index contributed by atoms with van der Waals surface area (Å²) in [6.07, 6.45) is 8.35. The lowest BCUT2D eigenvalue weighted by Crippen LogP contribution is -2.20. The van der Waals surface area contributed by atoms with E-state index in [1.54, 1.807) is 0 Å². The lowest BCUT2D eigenvalue weighted by molar-refractivity contribution is -0.147. The summed E-state index contributed by atoms with van der Waals surface area (Å²) in [6, 6.07) is 0. The van der Waals surface area contributed by atoms with Crippen molar-refractivity contribution in [3.8, 4) is 0 Å². The fourth-order valence-corrected chi connectivity index (χ4v) is 2.03. The van der Waals surface area contributed by atoms with Crippen molar-refractivity contribution in [1.82, 2.24) is 5.32 Å². The molecule has 3 nitrogen and oxygen atoms in total. The number of rotatable bonds is 8. The molecule has 0 bridgehead atoms. The summed E-state index contributed by atoms with van der Waals surface area (Å²) in [4.78, 5) is 11.5. The number of nitrogens with one attached hydrogen (secondary N) is 1. The maximum atomic E-state index is 11.5. The number of hydrogen-bond acceptors (Lipinski definition) is 3. The molecular formula is C13H25NO2. The first-order valence-corrected chi connectivity index (χ1v) is 6.72. The molecule has 1 N–H and O–H groups in total. The average Bonchev–Trinajstić information content (AvgIpc) is 2.81. The Labute approximate surface area is 98.9 Å². The predicted molar refractivity (Wildman–Crippen MR) is 65.3 cm³/mol. The van der Waals surface area contributed by atoms with Crippen molar-refractivity contribution in [2.75, 3.05) is 19.7 Å². The Balaban J connectivity index is 1.88. The second-order valence-corrected chi connectivity index (χ2v) is 4.62. The molecule has 1 rings (SSSR count). The molecule has 0 spiro atoms. The first kappa shape index (κ1) is 13.5. The van der Waals surface area contributed by atoms with Crippen molar-refractivity contribution in [1.29, 1.82) is 0 Å². The van der Waals surface area contributed by atoms with Crippen molar-refractivity contribution in [3.05, 3.63) is 0 Å². The van der Waals surface area contributed by atoms with Crippen LogP contribution in [0.1, 0.15) is 51.9 Å². The van der Waals surface area contributed by atoms with E-state index >= 15 is 0 Å². The smallest absolute Gasteiger partial charge is 0.310 e. The molecule has 16 heavy (non-hydrogen) atoms. The zero-order valence-corrected chi connectivity index (χ0v) is 10.5. The molecule has 1 fully saturated rings. The van der Waals surface area contributed by atoms with Crippen LogP contribution < -0.4 is 5.32 Å². The van der Waals surface area contributed by atoms with Gasteiger partial charge in [-0.1, -0.05) is 39.0 Å². The van der Waals surface area contributed by atoms with Gasteiger partial charge in [0.15, 0.2) is 0 Å². The summed E-state index contributed by atoms with van der Waals surface area (Å²) in [7, 11) is 0. The molecule has 0 aromatic heterocycles. The molecule has 0 aromatic carbocycles. The highest BCUT2D eigenvalue weighted by Crippen LogP contribution is 2.10. The van der Waals surface area contributed by atoms with Crippen LogP contribution >= 0.6 is 0 Å². The van der Waals surface area contributed by atoms with Gasteiger partial charge in [0.05, 0.1) is 12.5 Å². The van der Waals surface area contributed by atoms with Gasteiger partial charge in [-0.05, 0) is 19.4 Å². The van der Waals surface area contributed by atoms with E-state index < -0.39 is 0 Å². The van der Waals surface area contributed by atoms with E-state index in [0.717, 1.165) is 25.9 Å². The maximum Gasteiger partial charge on any atom is 0.310 e. The van der Waals surface area contributed by atoms with E-state index in [1.165, 1.54) is 32.1 Å². The molecule has 1 unspecified atom stereocenters. The summed E-state index contributed by atoms with van der Waals surface area (Å²) >= 11 is 0. The maximum absolute atomic E-state index is 11.5. The molecule has 1 saturated heterocycles.